The molecule has 0 spiro atoms. The van der Waals surface area contributed by atoms with Crippen LogP contribution in [0.4, 0.5) is 0 Å². The third-order valence-electron chi connectivity index (χ3n) is 3.25. The van der Waals surface area contributed by atoms with Crippen molar-refractivity contribution in [3.05, 3.63) is 58.5 Å². The lowest BCUT2D eigenvalue weighted by molar-refractivity contribution is 0.788. The Bertz CT molecular complexity index is 659. The quantitative estimate of drug-likeness (QED) is 0.528. The first-order chi connectivity index (χ1) is 9.56. The molecule has 104 valence electrons. The summed E-state index contributed by atoms with van der Waals surface area (Å²) in [5.74, 6) is 0.156. The van der Waals surface area contributed by atoms with Gasteiger partial charge >= 0.3 is 0 Å². The lowest BCUT2D eigenvalue weighted by atomic mass is 10.1. The van der Waals surface area contributed by atoms with Crippen LogP contribution in [-0.2, 0) is 0 Å². The fourth-order valence-electron chi connectivity index (χ4n) is 2.12. The molecule has 0 saturated heterocycles. The topological polar surface area (TPSA) is 45.8 Å². The van der Waals surface area contributed by atoms with E-state index in [2.05, 4.69) is 9.97 Å². The number of aromatic nitrogens is 2. The first kappa shape index (κ1) is 14.0. The molecular weight excluding hydrogens is 315 g/mol. The molecule has 2 unspecified atom stereocenters. The summed E-state index contributed by atoms with van der Waals surface area (Å²) >= 11 is 13.9. The highest BCUT2D eigenvalue weighted by atomic mass is 35.5. The van der Waals surface area contributed by atoms with Gasteiger partial charge in [0.2, 0.25) is 0 Å². The van der Waals surface area contributed by atoms with Crippen LogP contribution in [0.5, 0.6) is 0 Å². The van der Waals surface area contributed by atoms with E-state index in [-0.39, 0.29) is 16.7 Å². The Morgan fingerprint density at radius 2 is 2.00 bits per heavy atom. The van der Waals surface area contributed by atoms with E-state index in [1.807, 2.05) is 30.3 Å². The Morgan fingerprint density at radius 1 is 1.30 bits per heavy atom. The molecule has 0 amide bonds. The molecule has 2 aromatic rings. The molecule has 0 bridgehead atoms. The molecule has 1 N–H and O–H groups in total. The van der Waals surface area contributed by atoms with E-state index in [9.17, 15) is 4.79 Å². The standard InChI is InChI=1S/C14H12Cl2N2OS/c15-14(16)8-10(14)12(9-4-2-1-3-5-9)20-13-17-7-6-11(19)18-13/h1-7,10,12H,8H2,(H,17,18,19). The van der Waals surface area contributed by atoms with Crippen LogP contribution in [-0.4, -0.2) is 14.3 Å². The van der Waals surface area contributed by atoms with Gasteiger partial charge in [-0.15, -0.1) is 23.2 Å². The number of hydrogen-bond donors (Lipinski definition) is 1. The molecule has 20 heavy (non-hydrogen) atoms. The lowest BCUT2D eigenvalue weighted by Gasteiger charge is -2.16. The Balaban J connectivity index is 1.89. The number of aromatic amines is 1. The minimum absolute atomic E-state index is 0.0803. The molecule has 1 aliphatic rings. The van der Waals surface area contributed by atoms with Crippen LogP contribution in [0.3, 0.4) is 0 Å². The maximum absolute atomic E-state index is 11.4. The first-order valence-corrected chi connectivity index (χ1v) is 7.84. The number of nitrogens with one attached hydrogen (secondary N) is 1. The van der Waals surface area contributed by atoms with Gasteiger partial charge in [0.05, 0.1) is 0 Å². The van der Waals surface area contributed by atoms with Crippen LogP contribution >= 0.6 is 35.0 Å². The highest BCUT2D eigenvalue weighted by Gasteiger charge is 2.56. The molecule has 3 nitrogen and oxygen atoms in total. The average Bonchev–Trinajstić information content (AvgIpc) is 3.06. The monoisotopic (exact) mass is 326 g/mol. The Hall–Kier alpha value is -0.970. The van der Waals surface area contributed by atoms with E-state index in [1.54, 1.807) is 0 Å². The van der Waals surface area contributed by atoms with Crippen molar-refractivity contribution in [2.75, 3.05) is 0 Å². The zero-order valence-corrected chi connectivity index (χ0v) is 12.8. The van der Waals surface area contributed by atoms with E-state index >= 15 is 0 Å². The van der Waals surface area contributed by atoms with E-state index in [4.69, 9.17) is 23.2 Å². The SMILES string of the molecule is O=c1ccnc(SC(c2ccccc2)C2CC2(Cl)Cl)[nH]1. The number of halogens is 2. The van der Waals surface area contributed by atoms with Gasteiger partial charge in [-0.1, -0.05) is 42.1 Å². The second-order valence-electron chi connectivity index (χ2n) is 4.76. The van der Waals surface area contributed by atoms with Crippen molar-refractivity contribution in [2.45, 2.75) is 21.2 Å². The van der Waals surface area contributed by atoms with Gasteiger partial charge in [-0.25, -0.2) is 4.98 Å². The molecule has 0 radical (unpaired) electrons. The zero-order chi connectivity index (χ0) is 14.2. The Kier molecular flexibility index (Phi) is 3.80. The van der Waals surface area contributed by atoms with Gasteiger partial charge in [0.25, 0.3) is 5.56 Å². The maximum Gasteiger partial charge on any atom is 0.251 e. The van der Waals surface area contributed by atoms with Crippen molar-refractivity contribution >= 4 is 35.0 Å². The molecule has 0 aliphatic heterocycles. The number of alkyl halides is 2. The second kappa shape index (κ2) is 5.43. The number of thioether (sulfide) groups is 1. The van der Waals surface area contributed by atoms with Gasteiger partial charge < -0.3 is 4.98 Å². The summed E-state index contributed by atoms with van der Waals surface area (Å²) in [6, 6.07) is 11.4. The van der Waals surface area contributed by atoms with Crippen molar-refractivity contribution in [2.24, 2.45) is 5.92 Å². The van der Waals surface area contributed by atoms with E-state index in [1.165, 1.54) is 24.0 Å². The summed E-state index contributed by atoms with van der Waals surface area (Å²) in [5, 5.41) is 0.666. The van der Waals surface area contributed by atoms with Crippen LogP contribution in [0, 0.1) is 5.92 Å². The van der Waals surface area contributed by atoms with Crippen molar-refractivity contribution in [1.29, 1.82) is 0 Å². The highest BCUT2D eigenvalue weighted by molar-refractivity contribution is 7.99. The largest absolute Gasteiger partial charge is 0.301 e. The number of nitrogens with zero attached hydrogens (tertiary/aromatic N) is 1. The number of H-pyrrole nitrogens is 1. The van der Waals surface area contributed by atoms with Gasteiger partial charge in [0.1, 0.15) is 4.33 Å². The molecule has 3 rings (SSSR count). The third kappa shape index (κ3) is 3.03. The van der Waals surface area contributed by atoms with Crippen molar-refractivity contribution < 1.29 is 0 Å². The molecule has 1 aromatic carbocycles. The molecule has 1 aliphatic carbocycles. The number of benzene rings is 1. The maximum atomic E-state index is 11.4. The van der Waals surface area contributed by atoms with Crippen molar-refractivity contribution in [3.63, 3.8) is 0 Å². The van der Waals surface area contributed by atoms with Crippen LogP contribution in [0.2, 0.25) is 0 Å². The summed E-state index contributed by atoms with van der Waals surface area (Å²) in [7, 11) is 0. The van der Waals surface area contributed by atoms with Gasteiger partial charge in [-0.2, -0.15) is 0 Å². The van der Waals surface area contributed by atoms with Crippen LogP contribution in [0.25, 0.3) is 0 Å². The third-order valence-corrected chi connectivity index (χ3v) is 5.41. The summed E-state index contributed by atoms with van der Waals surface area (Å²) in [4.78, 5) is 18.3. The van der Waals surface area contributed by atoms with Gasteiger partial charge in [-0.05, 0) is 12.0 Å². The minimum Gasteiger partial charge on any atom is -0.301 e. The smallest absolute Gasteiger partial charge is 0.251 e. The number of rotatable bonds is 4. The summed E-state index contributed by atoms with van der Waals surface area (Å²) in [6.07, 6.45) is 2.25. The summed E-state index contributed by atoms with van der Waals surface area (Å²) in [5.41, 5.74) is 0.977. The molecule has 1 aromatic heterocycles. The fraction of sp³-hybridized carbons (Fsp3) is 0.286. The molecule has 1 saturated carbocycles. The van der Waals surface area contributed by atoms with Crippen LogP contribution < -0.4 is 5.56 Å². The zero-order valence-electron chi connectivity index (χ0n) is 10.4. The Morgan fingerprint density at radius 3 is 2.60 bits per heavy atom. The molecule has 6 heteroatoms. The van der Waals surface area contributed by atoms with Gasteiger partial charge in [-0.3, -0.25) is 4.79 Å². The van der Waals surface area contributed by atoms with Gasteiger partial charge in [0.15, 0.2) is 5.16 Å². The molecular formula is C14H12Cl2N2OS. The van der Waals surface area contributed by atoms with Crippen molar-refractivity contribution in [1.82, 2.24) is 9.97 Å². The predicted molar refractivity (Wildman–Crippen MR) is 82.4 cm³/mol. The van der Waals surface area contributed by atoms with E-state index < -0.39 is 4.33 Å². The summed E-state index contributed by atoms with van der Waals surface area (Å²) in [6.45, 7) is 0. The summed E-state index contributed by atoms with van der Waals surface area (Å²) < 4.78 is -0.678. The van der Waals surface area contributed by atoms with E-state index in [0.717, 1.165) is 12.0 Å². The second-order valence-corrected chi connectivity index (χ2v) is 7.43. The fourth-order valence-corrected chi connectivity index (χ4v) is 4.16. The van der Waals surface area contributed by atoms with E-state index in [0.29, 0.717) is 5.16 Å². The molecule has 2 atom stereocenters. The highest BCUT2D eigenvalue weighted by Crippen LogP contribution is 2.62. The number of hydrogen-bond acceptors (Lipinski definition) is 3. The van der Waals surface area contributed by atoms with Gasteiger partial charge in [0, 0.05) is 23.4 Å². The average molecular weight is 327 g/mol. The van der Waals surface area contributed by atoms with Crippen LogP contribution in [0.15, 0.2) is 52.5 Å². The minimum atomic E-state index is -0.678. The molecule has 1 fully saturated rings. The normalized spacial score (nSPS) is 21.4. The molecule has 1 heterocycles. The van der Waals surface area contributed by atoms with Crippen LogP contribution in [0.1, 0.15) is 17.2 Å². The van der Waals surface area contributed by atoms with Crippen molar-refractivity contribution in [3.8, 4) is 0 Å². The Labute approximate surface area is 130 Å². The lowest BCUT2D eigenvalue weighted by Crippen LogP contribution is -2.08. The first-order valence-electron chi connectivity index (χ1n) is 6.21. The predicted octanol–water partition coefficient (Wildman–Crippen LogP) is 3.80.